The summed E-state index contributed by atoms with van der Waals surface area (Å²) in [4.78, 5) is 14.5. The Morgan fingerprint density at radius 2 is 2.23 bits per heavy atom. The highest BCUT2D eigenvalue weighted by atomic mass is 32.1. The van der Waals surface area contributed by atoms with Gasteiger partial charge in [0.15, 0.2) is 16.3 Å². The van der Waals surface area contributed by atoms with E-state index in [1.54, 1.807) is 6.92 Å². The minimum absolute atomic E-state index is 0.117. The monoisotopic (exact) mass is 192 g/mol. The van der Waals surface area contributed by atoms with E-state index in [2.05, 4.69) is 4.98 Å². The van der Waals surface area contributed by atoms with Gasteiger partial charge in [-0.15, -0.1) is 0 Å². The molecule has 1 aromatic heterocycles. The molecular formula is C8H6N3OS+. The largest absolute Gasteiger partial charge is 0.459 e. The molecule has 0 bridgehead atoms. The van der Waals surface area contributed by atoms with Crippen LogP contribution >= 0.6 is 11.3 Å². The quantitative estimate of drug-likeness (QED) is 0.507. The van der Waals surface area contributed by atoms with E-state index in [-0.39, 0.29) is 16.3 Å². The summed E-state index contributed by atoms with van der Waals surface area (Å²) in [6.07, 6.45) is 0. The fourth-order valence-corrected chi connectivity index (χ4v) is 1.97. The first-order chi connectivity index (χ1) is 6.11. The molecule has 5 heteroatoms. The van der Waals surface area contributed by atoms with E-state index in [1.807, 2.05) is 6.07 Å². The number of hydrogen-bond donors (Lipinski definition) is 0. The van der Waals surface area contributed by atoms with E-state index in [0.717, 1.165) is 11.3 Å². The number of diazo groups is 1. The zero-order valence-electron chi connectivity index (χ0n) is 7.16. The van der Waals surface area contributed by atoms with Crippen molar-refractivity contribution in [2.45, 2.75) is 13.8 Å². The summed E-state index contributed by atoms with van der Waals surface area (Å²) >= 11 is 1.03. The Morgan fingerprint density at radius 1 is 1.62 bits per heavy atom. The molecule has 0 aliphatic heterocycles. The highest BCUT2D eigenvalue weighted by Gasteiger charge is 2.25. The highest BCUT2D eigenvalue weighted by Crippen LogP contribution is 2.34. The van der Waals surface area contributed by atoms with Crippen LogP contribution in [0.15, 0.2) is 0 Å². The average molecular weight is 192 g/mol. The third-order valence-corrected chi connectivity index (χ3v) is 2.93. The van der Waals surface area contributed by atoms with Crippen LogP contribution in [0.2, 0.25) is 0 Å². The van der Waals surface area contributed by atoms with Crippen molar-refractivity contribution >= 4 is 22.1 Å². The maximum absolute atomic E-state index is 11.0. The fraction of sp³-hybridized carbons (Fsp3) is 0.250. The summed E-state index contributed by atoms with van der Waals surface area (Å²) in [5.74, 6) is -0.117. The second kappa shape index (κ2) is 3.34. The van der Waals surface area contributed by atoms with Gasteiger partial charge in [0, 0.05) is 0 Å². The molecule has 0 atom stereocenters. The lowest BCUT2D eigenvalue weighted by molar-refractivity contribution is 0.102. The molecule has 64 valence electrons. The standard InChI is InChI=1S/C8H6N3OS/c1-4-6(3-9)8(11-10)13-7(4)5(2)12/h1-2H3/q+1. The molecule has 0 unspecified atom stereocenters. The van der Waals surface area contributed by atoms with Gasteiger partial charge in [-0.3, -0.25) is 4.79 Å². The van der Waals surface area contributed by atoms with E-state index in [4.69, 9.17) is 10.7 Å². The van der Waals surface area contributed by atoms with Gasteiger partial charge in [0.2, 0.25) is 5.39 Å². The molecule has 0 radical (unpaired) electrons. The first kappa shape index (κ1) is 9.37. The van der Waals surface area contributed by atoms with E-state index in [9.17, 15) is 4.79 Å². The SMILES string of the molecule is CC(=O)c1sc([N+]#N)c(C#N)c1C. The van der Waals surface area contributed by atoms with E-state index in [1.165, 1.54) is 6.92 Å². The maximum atomic E-state index is 11.0. The van der Waals surface area contributed by atoms with Crippen LogP contribution in [0, 0.1) is 23.6 Å². The number of Topliss-reactive ketones (excluding diaryl/α,β-unsaturated/α-hetero) is 1. The molecular weight excluding hydrogens is 186 g/mol. The molecule has 0 amide bonds. The molecule has 1 heterocycles. The van der Waals surface area contributed by atoms with Crippen LogP contribution in [0.3, 0.4) is 0 Å². The molecule has 0 aliphatic rings. The lowest BCUT2D eigenvalue weighted by Gasteiger charge is -1.88. The minimum Gasteiger partial charge on any atom is -0.294 e. The van der Waals surface area contributed by atoms with Gasteiger partial charge >= 0.3 is 5.00 Å². The van der Waals surface area contributed by atoms with Gasteiger partial charge in [0.1, 0.15) is 6.07 Å². The number of hydrogen-bond acceptors (Lipinski definition) is 4. The molecule has 0 saturated carbocycles. The zero-order chi connectivity index (χ0) is 10.0. The molecule has 0 aromatic carbocycles. The van der Waals surface area contributed by atoms with Crippen molar-refractivity contribution in [1.29, 1.82) is 10.7 Å². The molecule has 0 saturated heterocycles. The van der Waals surface area contributed by atoms with Crippen LogP contribution in [0.25, 0.3) is 4.98 Å². The Hall–Kier alpha value is -1.72. The number of nitriles is 1. The van der Waals surface area contributed by atoms with Crippen LogP contribution in [0.4, 0.5) is 5.00 Å². The van der Waals surface area contributed by atoms with Crippen LogP contribution in [-0.4, -0.2) is 5.78 Å². The van der Waals surface area contributed by atoms with Gasteiger partial charge in [0.05, 0.1) is 4.88 Å². The predicted molar refractivity (Wildman–Crippen MR) is 48.5 cm³/mol. The van der Waals surface area contributed by atoms with Crippen molar-refractivity contribution in [3.8, 4) is 6.07 Å². The topological polar surface area (TPSA) is 69.0 Å². The van der Waals surface area contributed by atoms with Crippen molar-refractivity contribution in [2.75, 3.05) is 0 Å². The van der Waals surface area contributed by atoms with Crippen molar-refractivity contribution in [1.82, 2.24) is 0 Å². The molecule has 1 aromatic rings. The summed E-state index contributed by atoms with van der Waals surface area (Å²) in [7, 11) is 0. The van der Waals surface area contributed by atoms with Gasteiger partial charge in [-0.2, -0.15) is 5.26 Å². The fourth-order valence-electron chi connectivity index (χ4n) is 1.04. The maximum Gasteiger partial charge on any atom is 0.459 e. The second-order valence-electron chi connectivity index (χ2n) is 2.50. The van der Waals surface area contributed by atoms with Gasteiger partial charge in [-0.1, -0.05) is 0 Å². The van der Waals surface area contributed by atoms with Crippen LogP contribution < -0.4 is 0 Å². The Kier molecular flexibility index (Phi) is 2.41. The summed E-state index contributed by atoms with van der Waals surface area (Å²) in [5, 5.41) is 17.4. The Morgan fingerprint density at radius 3 is 2.54 bits per heavy atom. The first-order valence-corrected chi connectivity index (χ1v) is 4.33. The first-order valence-electron chi connectivity index (χ1n) is 3.51. The molecule has 4 nitrogen and oxygen atoms in total. The smallest absolute Gasteiger partial charge is 0.294 e. The number of thiophene rings is 1. The third kappa shape index (κ3) is 1.42. The Balaban J connectivity index is 3.48. The van der Waals surface area contributed by atoms with Crippen molar-refractivity contribution in [3.05, 3.63) is 21.0 Å². The summed E-state index contributed by atoms with van der Waals surface area (Å²) in [6, 6.07) is 1.89. The number of nitrogens with zero attached hydrogens (tertiary/aromatic N) is 3. The lowest BCUT2D eigenvalue weighted by atomic mass is 10.1. The average Bonchev–Trinajstić information content (AvgIpc) is 2.41. The van der Waals surface area contributed by atoms with E-state index < -0.39 is 0 Å². The Bertz CT molecular complexity index is 447. The van der Waals surface area contributed by atoms with Crippen molar-refractivity contribution in [2.24, 2.45) is 0 Å². The predicted octanol–water partition coefficient (Wildman–Crippen LogP) is 2.62. The molecule has 1 rings (SSSR count). The third-order valence-electron chi connectivity index (χ3n) is 1.65. The number of rotatable bonds is 1. The zero-order valence-corrected chi connectivity index (χ0v) is 7.97. The van der Waals surface area contributed by atoms with Gasteiger partial charge in [-0.05, 0) is 30.7 Å². The molecule has 13 heavy (non-hydrogen) atoms. The van der Waals surface area contributed by atoms with E-state index >= 15 is 0 Å². The lowest BCUT2D eigenvalue weighted by Crippen LogP contribution is -1.90. The summed E-state index contributed by atoms with van der Waals surface area (Å²) < 4.78 is 0. The van der Waals surface area contributed by atoms with E-state index in [0.29, 0.717) is 10.4 Å². The highest BCUT2D eigenvalue weighted by molar-refractivity contribution is 7.18. The summed E-state index contributed by atoms with van der Waals surface area (Å²) in [6.45, 7) is 3.08. The summed E-state index contributed by atoms with van der Waals surface area (Å²) in [5.41, 5.74) is 0.866. The molecule has 0 fully saturated rings. The Labute approximate surface area is 79.0 Å². The molecule has 0 N–H and O–H groups in total. The van der Waals surface area contributed by atoms with Crippen LogP contribution in [0.1, 0.15) is 27.7 Å². The molecule has 0 aliphatic carbocycles. The number of ketones is 1. The van der Waals surface area contributed by atoms with Gasteiger partial charge in [-0.25, -0.2) is 0 Å². The van der Waals surface area contributed by atoms with Crippen molar-refractivity contribution < 1.29 is 4.79 Å². The number of carbonyl (C=O) groups is 1. The number of carbonyl (C=O) groups excluding carboxylic acids is 1. The molecule has 0 spiro atoms. The minimum atomic E-state index is -0.117. The second-order valence-corrected chi connectivity index (χ2v) is 3.50. The van der Waals surface area contributed by atoms with Crippen molar-refractivity contribution in [3.63, 3.8) is 0 Å². The normalized spacial score (nSPS) is 8.92. The van der Waals surface area contributed by atoms with Crippen LogP contribution in [-0.2, 0) is 0 Å². The van der Waals surface area contributed by atoms with Crippen LogP contribution in [0.5, 0.6) is 0 Å². The van der Waals surface area contributed by atoms with Gasteiger partial charge in [0.25, 0.3) is 0 Å². The van der Waals surface area contributed by atoms with Gasteiger partial charge < -0.3 is 0 Å².